The van der Waals surface area contributed by atoms with Crippen molar-refractivity contribution in [2.45, 2.75) is 61.8 Å². The molecular formula is C17H26BN3O7S. The molecule has 1 aromatic heterocycles. The van der Waals surface area contributed by atoms with Gasteiger partial charge in [0.2, 0.25) is 15.0 Å². The zero-order valence-corrected chi connectivity index (χ0v) is 17.7. The van der Waals surface area contributed by atoms with E-state index < -0.39 is 52.0 Å². The molecule has 1 aromatic rings. The van der Waals surface area contributed by atoms with Gasteiger partial charge < -0.3 is 24.4 Å². The van der Waals surface area contributed by atoms with E-state index in [0.29, 0.717) is 5.46 Å². The van der Waals surface area contributed by atoms with Crippen molar-refractivity contribution in [2.75, 3.05) is 19.7 Å². The molecule has 2 fully saturated rings. The van der Waals surface area contributed by atoms with Gasteiger partial charge in [-0.3, -0.25) is 4.79 Å². The van der Waals surface area contributed by atoms with Gasteiger partial charge in [0.25, 0.3) is 5.91 Å². The van der Waals surface area contributed by atoms with Crippen LogP contribution >= 0.6 is 0 Å². The predicted molar refractivity (Wildman–Crippen MR) is 103 cm³/mol. The molecule has 10 nitrogen and oxygen atoms in total. The molecular weight excluding hydrogens is 401 g/mol. The molecule has 0 aliphatic carbocycles. The number of rotatable bonds is 5. The number of nitrogens with zero attached hydrogens (tertiary/aromatic N) is 3. The maximum atomic E-state index is 12.8. The first-order valence-corrected chi connectivity index (χ1v) is 10.9. The second-order valence-electron chi connectivity index (χ2n) is 8.33. The molecule has 12 heteroatoms. The van der Waals surface area contributed by atoms with Gasteiger partial charge in [-0.15, -0.1) is 0 Å². The minimum Gasteiger partial charge on any atom is -0.399 e. The van der Waals surface area contributed by atoms with Gasteiger partial charge in [-0.05, 0) is 34.1 Å². The van der Waals surface area contributed by atoms with Crippen LogP contribution in [0, 0.1) is 0 Å². The summed E-state index contributed by atoms with van der Waals surface area (Å²) in [6, 6.07) is 0. The van der Waals surface area contributed by atoms with Gasteiger partial charge in [0.05, 0.1) is 23.1 Å². The molecule has 1 amide bonds. The van der Waals surface area contributed by atoms with Gasteiger partial charge >= 0.3 is 7.12 Å². The first kappa shape index (κ1) is 22.1. The summed E-state index contributed by atoms with van der Waals surface area (Å²) in [6.45, 7) is 7.02. The molecule has 0 aromatic carbocycles. The molecule has 3 heterocycles. The summed E-state index contributed by atoms with van der Waals surface area (Å²) < 4.78 is 37.5. The highest BCUT2D eigenvalue weighted by Gasteiger charge is 2.52. The Kier molecular flexibility index (Phi) is 5.78. The van der Waals surface area contributed by atoms with E-state index in [2.05, 4.69) is 9.97 Å². The molecule has 0 radical (unpaired) electrons. The minimum atomic E-state index is -3.87. The average Bonchev–Trinajstić information content (AvgIpc) is 3.24. The van der Waals surface area contributed by atoms with Crippen molar-refractivity contribution < 1.29 is 32.7 Å². The predicted octanol–water partition coefficient (Wildman–Crippen LogP) is -1.50. The zero-order chi connectivity index (χ0) is 21.6. The van der Waals surface area contributed by atoms with Crippen molar-refractivity contribution in [2.24, 2.45) is 0 Å². The number of sulfone groups is 1. The van der Waals surface area contributed by atoms with Gasteiger partial charge in [-0.1, -0.05) is 0 Å². The van der Waals surface area contributed by atoms with Crippen LogP contribution in [-0.2, 0) is 23.9 Å². The topological polar surface area (TPSA) is 139 Å². The number of carbonyl (C=O) groups excluding carboxylic acids is 1. The Bertz CT molecular complexity index is 860. The standard InChI is InChI=1S/C17H26BN3O7S/c1-16(2)17(3,4)28-18(27-16)11-7-19-15(20-8-11)29(25,26)12-5-6-21(9-12)14(24)13(23)10-22/h7-8,12-13,22-23H,5-6,9-10H2,1-4H3/t12-,13?/m0/s1. The lowest BCUT2D eigenvalue weighted by Crippen LogP contribution is -2.41. The van der Waals surface area contributed by atoms with Crippen molar-refractivity contribution in [3.8, 4) is 0 Å². The van der Waals surface area contributed by atoms with Gasteiger partial charge in [0.1, 0.15) is 0 Å². The smallest absolute Gasteiger partial charge is 0.399 e. The van der Waals surface area contributed by atoms with Crippen LogP contribution in [0.1, 0.15) is 34.1 Å². The summed E-state index contributed by atoms with van der Waals surface area (Å²) in [5.41, 5.74) is -0.570. The van der Waals surface area contributed by atoms with Crippen molar-refractivity contribution >= 4 is 28.3 Å². The summed E-state index contributed by atoms with van der Waals surface area (Å²) in [6.07, 6.45) is 1.39. The molecule has 3 rings (SSSR count). The van der Waals surface area contributed by atoms with E-state index in [9.17, 15) is 18.3 Å². The highest BCUT2D eigenvalue weighted by atomic mass is 32.2. The Labute approximate surface area is 170 Å². The number of likely N-dealkylation sites (tertiary alicyclic amines) is 1. The largest absolute Gasteiger partial charge is 0.498 e. The van der Waals surface area contributed by atoms with Crippen molar-refractivity contribution in [1.82, 2.24) is 14.9 Å². The quantitative estimate of drug-likeness (QED) is 0.425. The van der Waals surface area contributed by atoms with Crippen molar-refractivity contribution in [1.29, 1.82) is 0 Å². The van der Waals surface area contributed by atoms with Gasteiger partial charge in [0.15, 0.2) is 6.10 Å². The van der Waals surface area contributed by atoms with Crippen LogP contribution in [-0.4, -0.2) is 88.8 Å². The molecule has 0 spiro atoms. The fourth-order valence-corrected chi connectivity index (χ4v) is 4.68. The molecule has 1 unspecified atom stereocenters. The molecule has 2 atom stereocenters. The molecule has 160 valence electrons. The monoisotopic (exact) mass is 427 g/mol. The molecule has 2 saturated heterocycles. The van der Waals surface area contributed by atoms with Crippen LogP contribution in [0.15, 0.2) is 17.6 Å². The number of hydrogen-bond acceptors (Lipinski definition) is 9. The Hall–Kier alpha value is -1.60. The molecule has 29 heavy (non-hydrogen) atoms. The fraction of sp³-hybridized carbons (Fsp3) is 0.706. The van der Waals surface area contributed by atoms with E-state index in [1.807, 2.05) is 27.7 Å². The van der Waals surface area contributed by atoms with Crippen LogP contribution in [0.4, 0.5) is 0 Å². The Balaban J connectivity index is 1.72. The van der Waals surface area contributed by atoms with E-state index in [0.717, 1.165) is 0 Å². The summed E-state index contributed by atoms with van der Waals surface area (Å²) >= 11 is 0. The van der Waals surface area contributed by atoms with Gasteiger partial charge in [0, 0.05) is 30.9 Å². The van der Waals surface area contributed by atoms with Crippen LogP contribution in [0.3, 0.4) is 0 Å². The van der Waals surface area contributed by atoms with Crippen LogP contribution < -0.4 is 5.46 Å². The summed E-state index contributed by atoms with van der Waals surface area (Å²) in [5.74, 6) is -0.692. The second kappa shape index (κ2) is 7.58. The second-order valence-corrected chi connectivity index (χ2v) is 10.4. The summed E-state index contributed by atoms with van der Waals surface area (Å²) in [7, 11) is -4.56. The molecule has 0 bridgehead atoms. The van der Waals surface area contributed by atoms with Gasteiger partial charge in [-0.25, -0.2) is 18.4 Å². The first-order chi connectivity index (χ1) is 13.4. The van der Waals surface area contributed by atoms with Crippen molar-refractivity contribution in [3.05, 3.63) is 12.4 Å². The lowest BCUT2D eigenvalue weighted by atomic mass is 9.81. The van der Waals surface area contributed by atoms with Gasteiger partial charge in [-0.2, -0.15) is 0 Å². The summed E-state index contributed by atoms with van der Waals surface area (Å²) in [4.78, 5) is 21.2. The Morgan fingerprint density at radius 2 is 1.83 bits per heavy atom. The highest BCUT2D eigenvalue weighted by molar-refractivity contribution is 7.91. The lowest BCUT2D eigenvalue weighted by molar-refractivity contribution is -0.140. The zero-order valence-electron chi connectivity index (χ0n) is 16.9. The van der Waals surface area contributed by atoms with Crippen LogP contribution in [0.2, 0.25) is 0 Å². The van der Waals surface area contributed by atoms with Crippen LogP contribution in [0.25, 0.3) is 0 Å². The maximum Gasteiger partial charge on any atom is 0.498 e. The van der Waals surface area contributed by atoms with Crippen LogP contribution in [0.5, 0.6) is 0 Å². The number of aliphatic hydroxyl groups excluding tert-OH is 2. The highest BCUT2D eigenvalue weighted by Crippen LogP contribution is 2.36. The lowest BCUT2D eigenvalue weighted by Gasteiger charge is -2.32. The van der Waals surface area contributed by atoms with E-state index in [1.165, 1.54) is 17.3 Å². The fourth-order valence-electron chi connectivity index (χ4n) is 3.19. The van der Waals surface area contributed by atoms with E-state index in [-0.39, 0.29) is 24.7 Å². The number of aliphatic hydroxyl groups is 2. The molecule has 2 aliphatic heterocycles. The van der Waals surface area contributed by atoms with E-state index in [4.69, 9.17) is 14.4 Å². The molecule has 2 N–H and O–H groups in total. The Morgan fingerprint density at radius 1 is 1.28 bits per heavy atom. The third-order valence-corrected chi connectivity index (χ3v) is 7.76. The third-order valence-electron chi connectivity index (χ3n) is 5.78. The number of carbonyl (C=O) groups is 1. The molecule has 2 aliphatic rings. The Morgan fingerprint density at radius 3 is 2.34 bits per heavy atom. The first-order valence-electron chi connectivity index (χ1n) is 9.38. The minimum absolute atomic E-state index is 0.0828. The van der Waals surface area contributed by atoms with Crippen molar-refractivity contribution in [3.63, 3.8) is 0 Å². The third kappa shape index (κ3) is 4.04. The SMILES string of the molecule is CC1(C)OB(c2cnc(S(=O)(=O)[C@H]3CCN(C(=O)C(O)CO)C3)nc2)OC1(C)C. The van der Waals surface area contributed by atoms with E-state index >= 15 is 0 Å². The number of amides is 1. The van der Waals surface area contributed by atoms with E-state index in [1.54, 1.807) is 0 Å². The normalized spacial score (nSPS) is 24.7. The summed E-state index contributed by atoms with van der Waals surface area (Å²) in [5, 5.41) is 17.1. The number of aromatic nitrogens is 2. The number of hydrogen-bond donors (Lipinski definition) is 2. The molecule has 0 saturated carbocycles. The average molecular weight is 427 g/mol. The maximum absolute atomic E-state index is 12.8.